The van der Waals surface area contributed by atoms with Crippen LogP contribution in [0.3, 0.4) is 0 Å². The van der Waals surface area contributed by atoms with E-state index < -0.39 is 0 Å². The van der Waals surface area contributed by atoms with E-state index in [0.717, 1.165) is 38.3 Å². The molecule has 0 radical (unpaired) electrons. The van der Waals surface area contributed by atoms with Crippen molar-refractivity contribution >= 4 is 5.91 Å². The molecule has 2 N–H and O–H groups in total. The number of benzene rings is 1. The Morgan fingerprint density at radius 2 is 2.00 bits per heavy atom. The highest BCUT2D eigenvalue weighted by Crippen LogP contribution is 2.38. The third-order valence-electron chi connectivity index (χ3n) is 5.49. The molecule has 0 spiro atoms. The van der Waals surface area contributed by atoms with Gasteiger partial charge in [0, 0.05) is 19.1 Å². The summed E-state index contributed by atoms with van der Waals surface area (Å²) in [6.07, 6.45) is 4.78. The number of nitrogens with zero attached hydrogens (tertiary/aromatic N) is 1. The summed E-state index contributed by atoms with van der Waals surface area (Å²) < 4.78 is 5.88. The highest BCUT2D eigenvalue weighted by Gasteiger charge is 2.42. The molecule has 2 saturated carbocycles. The largest absolute Gasteiger partial charge is 0.492 e. The zero-order valence-electron chi connectivity index (χ0n) is 12.9. The predicted octanol–water partition coefficient (Wildman–Crippen LogP) is 2.28. The van der Waals surface area contributed by atoms with Crippen LogP contribution in [0.5, 0.6) is 5.75 Å². The summed E-state index contributed by atoms with van der Waals surface area (Å²) in [6, 6.07) is 7.92. The van der Waals surface area contributed by atoms with Gasteiger partial charge >= 0.3 is 0 Å². The van der Waals surface area contributed by atoms with Crippen molar-refractivity contribution in [2.24, 2.45) is 23.5 Å². The number of amides is 1. The Morgan fingerprint density at radius 1 is 1.18 bits per heavy atom. The highest BCUT2D eigenvalue weighted by atomic mass is 16.5. The normalized spacial score (nSPS) is 30.4. The third-order valence-corrected chi connectivity index (χ3v) is 5.49. The van der Waals surface area contributed by atoms with Gasteiger partial charge in [0.25, 0.3) is 5.91 Å². The lowest BCUT2D eigenvalue weighted by Crippen LogP contribution is -2.33. The number of fused-ring (bicyclic) bond motifs is 1. The Balaban J connectivity index is 1.48. The van der Waals surface area contributed by atoms with Gasteiger partial charge in [0.05, 0.1) is 12.2 Å². The van der Waals surface area contributed by atoms with E-state index in [1.54, 1.807) is 0 Å². The van der Waals surface area contributed by atoms with Crippen LogP contribution in [0.1, 0.15) is 36.0 Å². The van der Waals surface area contributed by atoms with Crippen LogP contribution < -0.4 is 10.5 Å². The Morgan fingerprint density at radius 3 is 2.77 bits per heavy atom. The number of para-hydroxylation sites is 1. The van der Waals surface area contributed by atoms with Crippen LogP contribution in [0.15, 0.2) is 24.3 Å². The molecule has 4 heteroatoms. The van der Waals surface area contributed by atoms with E-state index in [9.17, 15) is 4.79 Å². The molecule has 2 aliphatic carbocycles. The van der Waals surface area contributed by atoms with E-state index in [2.05, 4.69) is 0 Å². The summed E-state index contributed by atoms with van der Waals surface area (Å²) in [7, 11) is 0. The summed E-state index contributed by atoms with van der Waals surface area (Å²) in [4.78, 5) is 14.9. The fraction of sp³-hybridized carbons (Fsp3) is 0.611. The van der Waals surface area contributed by atoms with Crippen LogP contribution in [0, 0.1) is 17.8 Å². The minimum Gasteiger partial charge on any atom is -0.492 e. The molecule has 3 atom stereocenters. The lowest BCUT2D eigenvalue weighted by molar-refractivity contribution is 0.0775. The van der Waals surface area contributed by atoms with Crippen molar-refractivity contribution < 1.29 is 9.53 Å². The van der Waals surface area contributed by atoms with Crippen LogP contribution >= 0.6 is 0 Å². The topological polar surface area (TPSA) is 55.6 Å². The van der Waals surface area contributed by atoms with Crippen LogP contribution in [-0.2, 0) is 0 Å². The molecule has 4 rings (SSSR count). The quantitative estimate of drug-likeness (QED) is 0.928. The molecular weight excluding hydrogens is 276 g/mol. The molecule has 22 heavy (non-hydrogen) atoms. The van der Waals surface area contributed by atoms with Crippen molar-refractivity contribution in [3.05, 3.63) is 29.8 Å². The lowest BCUT2D eigenvalue weighted by Gasteiger charge is -2.20. The van der Waals surface area contributed by atoms with Gasteiger partial charge in [0.1, 0.15) is 5.75 Å². The number of ether oxygens (including phenoxy) is 1. The Hall–Kier alpha value is -1.55. The molecule has 1 amide bonds. The second-order valence-corrected chi connectivity index (χ2v) is 7.13. The van der Waals surface area contributed by atoms with Crippen LogP contribution in [0.2, 0.25) is 0 Å². The van der Waals surface area contributed by atoms with Gasteiger partial charge in [-0.3, -0.25) is 4.79 Å². The van der Waals surface area contributed by atoms with Gasteiger partial charge in [-0.2, -0.15) is 0 Å². The number of carbonyl (C=O) groups excluding carboxylic acids is 1. The third kappa shape index (κ3) is 2.60. The van der Waals surface area contributed by atoms with E-state index in [0.29, 0.717) is 23.3 Å². The van der Waals surface area contributed by atoms with Gasteiger partial charge in [-0.15, -0.1) is 0 Å². The van der Waals surface area contributed by atoms with Crippen molar-refractivity contribution in [1.82, 2.24) is 4.90 Å². The van der Waals surface area contributed by atoms with E-state index >= 15 is 0 Å². The number of rotatable bonds is 4. The highest BCUT2D eigenvalue weighted by molar-refractivity contribution is 5.97. The Bertz CT molecular complexity index is 570. The first-order valence-corrected chi connectivity index (χ1v) is 8.49. The maximum absolute atomic E-state index is 12.9. The summed E-state index contributed by atoms with van der Waals surface area (Å²) >= 11 is 0. The molecule has 3 unspecified atom stereocenters. The monoisotopic (exact) mass is 300 g/mol. The molecule has 1 aromatic rings. The van der Waals surface area contributed by atoms with Crippen molar-refractivity contribution in [2.45, 2.75) is 31.7 Å². The summed E-state index contributed by atoms with van der Waals surface area (Å²) in [5.41, 5.74) is 6.88. The van der Waals surface area contributed by atoms with Gasteiger partial charge in [-0.1, -0.05) is 12.1 Å². The number of nitrogens with two attached hydrogens (primary N) is 1. The second-order valence-electron chi connectivity index (χ2n) is 7.13. The van der Waals surface area contributed by atoms with Crippen molar-refractivity contribution in [1.29, 1.82) is 0 Å². The minimum absolute atomic E-state index is 0.105. The molecule has 1 saturated heterocycles. The van der Waals surface area contributed by atoms with Gasteiger partial charge in [0.15, 0.2) is 0 Å². The first kappa shape index (κ1) is 14.1. The molecule has 1 aromatic carbocycles. The molecule has 4 nitrogen and oxygen atoms in total. The molecule has 1 aliphatic heterocycles. The minimum atomic E-state index is 0.105. The van der Waals surface area contributed by atoms with Gasteiger partial charge in [-0.05, 0) is 55.6 Å². The smallest absolute Gasteiger partial charge is 0.257 e. The maximum atomic E-state index is 12.9. The zero-order chi connectivity index (χ0) is 15.1. The SMILES string of the molecule is NC1CCC2CN(C(=O)c3ccccc3OCC3CC3)CC12. The zero-order valence-corrected chi connectivity index (χ0v) is 12.9. The van der Waals surface area contributed by atoms with E-state index in [1.165, 1.54) is 12.8 Å². The summed E-state index contributed by atoms with van der Waals surface area (Å²) in [6.45, 7) is 2.40. The van der Waals surface area contributed by atoms with Crippen LogP contribution in [0.25, 0.3) is 0 Å². The number of hydrogen-bond donors (Lipinski definition) is 1. The number of carbonyl (C=O) groups is 1. The molecule has 3 fully saturated rings. The lowest BCUT2D eigenvalue weighted by atomic mass is 9.98. The van der Waals surface area contributed by atoms with Gasteiger partial charge in [0.2, 0.25) is 0 Å². The van der Waals surface area contributed by atoms with Crippen molar-refractivity contribution in [3.8, 4) is 5.75 Å². The molecular formula is C18H24N2O2. The molecule has 118 valence electrons. The fourth-order valence-corrected chi connectivity index (χ4v) is 3.91. The van der Waals surface area contributed by atoms with Crippen molar-refractivity contribution in [2.75, 3.05) is 19.7 Å². The molecule has 3 aliphatic rings. The first-order chi connectivity index (χ1) is 10.7. The van der Waals surface area contributed by atoms with E-state index in [4.69, 9.17) is 10.5 Å². The average Bonchev–Trinajstić information content (AvgIpc) is 3.17. The second kappa shape index (κ2) is 5.58. The van der Waals surface area contributed by atoms with Crippen LogP contribution in [0.4, 0.5) is 0 Å². The number of likely N-dealkylation sites (tertiary alicyclic amines) is 1. The van der Waals surface area contributed by atoms with E-state index in [1.807, 2.05) is 29.2 Å². The fourth-order valence-electron chi connectivity index (χ4n) is 3.91. The number of hydrogen-bond acceptors (Lipinski definition) is 3. The summed E-state index contributed by atoms with van der Waals surface area (Å²) in [5.74, 6) is 2.61. The Labute approximate surface area is 131 Å². The van der Waals surface area contributed by atoms with Gasteiger partial charge < -0.3 is 15.4 Å². The maximum Gasteiger partial charge on any atom is 0.257 e. The standard InChI is InChI=1S/C18H24N2O2/c19-16-8-7-13-9-20(10-15(13)16)18(21)14-3-1-2-4-17(14)22-11-12-5-6-12/h1-4,12-13,15-16H,5-11,19H2. The van der Waals surface area contributed by atoms with Crippen LogP contribution in [-0.4, -0.2) is 36.5 Å². The van der Waals surface area contributed by atoms with E-state index in [-0.39, 0.29) is 11.9 Å². The van der Waals surface area contributed by atoms with Gasteiger partial charge in [-0.25, -0.2) is 0 Å². The molecule has 0 aromatic heterocycles. The molecule has 1 heterocycles. The Kier molecular flexibility index (Phi) is 3.57. The predicted molar refractivity (Wildman–Crippen MR) is 84.8 cm³/mol. The summed E-state index contributed by atoms with van der Waals surface area (Å²) in [5, 5.41) is 0. The molecule has 0 bridgehead atoms. The first-order valence-electron chi connectivity index (χ1n) is 8.49. The van der Waals surface area contributed by atoms with Crippen molar-refractivity contribution in [3.63, 3.8) is 0 Å². The average molecular weight is 300 g/mol.